The lowest BCUT2D eigenvalue weighted by molar-refractivity contribution is -0.157. The Balaban J connectivity index is 1.80. The third-order valence-corrected chi connectivity index (χ3v) is 14.2. The highest BCUT2D eigenvalue weighted by molar-refractivity contribution is 8.09. The molecule has 1 saturated heterocycles. The van der Waals surface area contributed by atoms with E-state index in [1.807, 2.05) is 13.0 Å². The number of thioether (sulfide) groups is 1. The molecule has 1 aromatic heterocycles. The van der Waals surface area contributed by atoms with Crippen molar-refractivity contribution in [3.63, 3.8) is 0 Å². The van der Waals surface area contributed by atoms with E-state index in [9.17, 15) is 9.59 Å². The van der Waals surface area contributed by atoms with Crippen molar-refractivity contribution >= 4 is 44.9 Å². The van der Waals surface area contributed by atoms with Crippen LogP contribution in [0.2, 0.25) is 43.8 Å². The number of carbonyl (C=O) groups is 2. The molecule has 0 saturated carbocycles. The van der Waals surface area contributed by atoms with E-state index < -0.39 is 22.4 Å². The van der Waals surface area contributed by atoms with Crippen LogP contribution < -0.4 is 0 Å². The average Bonchev–Trinajstić information content (AvgIpc) is 3.24. The van der Waals surface area contributed by atoms with Crippen molar-refractivity contribution in [2.24, 2.45) is 5.92 Å². The van der Waals surface area contributed by atoms with Crippen LogP contribution in [0.5, 0.6) is 0 Å². The van der Waals surface area contributed by atoms with Crippen molar-refractivity contribution < 1.29 is 23.2 Å². The van der Waals surface area contributed by atoms with Crippen molar-refractivity contribution in [3.05, 3.63) is 29.9 Å². The minimum absolute atomic E-state index is 0.0550. The van der Waals surface area contributed by atoms with Crippen molar-refractivity contribution in [2.75, 3.05) is 6.61 Å². The Morgan fingerprint density at radius 2 is 1.91 bits per heavy atom. The van der Waals surface area contributed by atoms with E-state index in [2.05, 4.69) is 53.5 Å². The second kappa shape index (κ2) is 8.81. The number of hydrogen-bond acceptors (Lipinski definition) is 6. The summed E-state index contributed by atoms with van der Waals surface area (Å²) in [5.74, 6) is -0.237. The molecule has 2 aliphatic heterocycles. The fourth-order valence-electron chi connectivity index (χ4n) is 3.58. The molecule has 2 aliphatic rings. The highest BCUT2D eigenvalue weighted by atomic mass is 32.2. The quantitative estimate of drug-likeness (QED) is 0.259. The second-order valence-electron chi connectivity index (χ2n) is 11.4. The Hall–Kier alpha value is -1.30. The van der Waals surface area contributed by atoms with Gasteiger partial charge in [-0.05, 0) is 43.2 Å². The van der Waals surface area contributed by atoms with Crippen molar-refractivity contribution in [1.29, 1.82) is 0 Å². The molecule has 9 heteroatoms. The Morgan fingerprint density at radius 1 is 1.25 bits per heavy atom. The third kappa shape index (κ3) is 4.95. The summed E-state index contributed by atoms with van der Waals surface area (Å²) in [4.78, 5) is 28.6. The molecule has 3 atom stereocenters. The van der Waals surface area contributed by atoms with Crippen LogP contribution in [0.4, 0.5) is 0 Å². The van der Waals surface area contributed by atoms with Gasteiger partial charge < -0.3 is 13.6 Å². The Bertz CT molecular complexity index is 898. The summed E-state index contributed by atoms with van der Waals surface area (Å²) in [6, 6.07) is 4.49. The molecule has 1 amide bonds. The van der Waals surface area contributed by atoms with E-state index in [1.165, 1.54) is 11.8 Å². The minimum atomic E-state index is -2.03. The van der Waals surface area contributed by atoms with E-state index in [0.29, 0.717) is 23.0 Å². The first-order chi connectivity index (χ1) is 14.6. The number of carbonyl (C=O) groups excluding carboxylic acids is 2. The van der Waals surface area contributed by atoms with Crippen LogP contribution in [0.1, 0.15) is 33.5 Å². The first-order valence-corrected chi connectivity index (χ1v) is 18.8. The fourth-order valence-corrected chi connectivity index (χ4v) is 7.29. The van der Waals surface area contributed by atoms with Crippen LogP contribution in [-0.4, -0.2) is 51.3 Å². The monoisotopic (exact) mass is 495 g/mol. The molecule has 0 unspecified atom stereocenters. The lowest BCUT2D eigenvalue weighted by Crippen LogP contribution is -2.62. The van der Waals surface area contributed by atoms with Crippen LogP contribution in [-0.2, 0) is 18.8 Å². The van der Waals surface area contributed by atoms with Crippen molar-refractivity contribution in [3.8, 4) is 0 Å². The van der Waals surface area contributed by atoms with Gasteiger partial charge >= 0.3 is 5.97 Å². The number of furan rings is 1. The molecule has 0 aliphatic carbocycles. The van der Waals surface area contributed by atoms with Crippen LogP contribution in [0.3, 0.4) is 0 Å². The topological polar surface area (TPSA) is 69.0 Å². The van der Waals surface area contributed by atoms with E-state index in [-0.39, 0.29) is 28.3 Å². The van der Waals surface area contributed by atoms with Gasteiger partial charge in [-0.25, -0.2) is 4.79 Å². The lowest BCUT2D eigenvalue weighted by atomic mass is 9.92. The van der Waals surface area contributed by atoms with Gasteiger partial charge in [0.2, 0.25) is 5.91 Å². The highest BCUT2D eigenvalue weighted by Crippen LogP contribution is 2.55. The SMILES string of the molecule is C[C@@H](O[Si](C)(C)C(C)(C)C)[C@H]1C(=O)N2C(C(=O)OCC[Si](C)(C)C)=C(c3ccco3)S[C@H]12. The van der Waals surface area contributed by atoms with E-state index >= 15 is 0 Å². The van der Waals surface area contributed by atoms with E-state index in [0.717, 1.165) is 6.04 Å². The summed E-state index contributed by atoms with van der Waals surface area (Å²) in [6.45, 7) is 20.0. The number of ether oxygens (including phenoxy) is 1. The van der Waals surface area contributed by atoms with Gasteiger partial charge in [0.1, 0.15) is 16.8 Å². The molecule has 3 heterocycles. The van der Waals surface area contributed by atoms with Crippen molar-refractivity contribution in [1.82, 2.24) is 4.90 Å². The number of β-lactam (4-membered cyclic amide) rings is 1. The summed E-state index contributed by atoms with van der Waals surface area (Å²) < 4.78 is 17.7. The average molecular weight is 496 g/mol. The van der Waals surface area contributed by atoms with Gasteiger partial charge in [-0.3, -0.25) is 9.69 Å². The molecule has 0 bridgehead atoms. The van der Waals surface area contributed by atoms with Gasteiger partial charge in [-0.2, -0.15) is 0 Å². The smallest absolute Gasteiger partial charge is 0.356 e. The molecule has 32 heavy (non-hydrogen) atoms. The molecule has 178 valence electrons. The zero-order valence-corrected chi connectivity index (χ0v) is 23.6. The summed E-state index contributed by atoms with van der Waals surface area (Å²) in [5.41, 5.74) is 0.311. The maximum Gasteiger partial charge on any atom is 0.356 e. The van der Waals surface area contributed by atoms with E-state index in [4.69, 9.17) is 13.6 Å². The first kappa shape index (κ1) is 25.3. The second-order valence-corrected chi connectivity index (χ2v) is 22.9. The van der Waals surface area contributed by atoms with E-state index in [1.54, 1.807) is 17.2 Å². The molecule has 1 aromatic rings. The number of rotatable bonds is 8. The molecule has 0 aromatic carbocycles. The molecular weight excluding hydrogens is 458 g/mol. The van der Waals surface area contributed by atoms with Gasteiger partial charge in [0.25, 0.3) is 0 Å². The lowest BCUT2D eigenvalue weighted by Gasteiger charge is -2.48. The number of hydrogen-bond donors (Lipinski definition) is 0. The number of esters is 1. The van der Waals surface area contributed by atoms with Crippen LogP contribution >= 0.6 is 11.8 Å². The number of amides is 1. The summed E-state index contributed by atoms with van der Waals surface area (Å²) in [6.07, 6.45) is 1.35. The molecule has 6 nitrogen and oxygen atoms in total. The number of fused-ring (bicyclic) bond motifs is 1. The van der Waals surface area contributed by atoms with Gasteiger partial charge in [0.15, 0.2) is 8.32 Å². The van der Waals surface area contributed by atoms with Crippen LogP contribution in [0, 0.1) is 5.92 Å². The molecular formula is C23H37NO5SSi2. The highest BCUT2D eigenvalue weighted by Gasteiger charge is 2.59. The summed E-state index contributed by atoms with van der Waals surface area (Å²) in [5, 5.41) is -0.124. The summed E-state index contributed by atoms with van der Waals surface area (Å²) >= 11 is 1.50. The van der Waals surface area contributed by atoms with Gasteiger partial charge in [-0.15, -0.1) is 0 Å². The number of nitrogens with zero attached hydrogens (tertiary/aromatic N) is 1. The Kier molecular flexibility index (Phi) is 6.97. The minimum Gasteiger partial charge on any atom is -0.464 e. The van der Waals surface area contributed by atoms with Gasteiger partial charge in [0, 0.05) is 8.07 Å². The largest absolute Gasteiger partial charge is 0.464 e. The molecule has 0 spiro atoms. The van der Waals surface area contributed by atoms with Crippen LogP contribution in [0.15, 0.2) is 28.5 Å². The van der Waals surface area contributed by atoms with Crippen LogP contribution in [0.25, 0.3) is 4.91 Å². The Labute approximate surface area is 198 Å². The maximum atomic E-state index is 13.3. The summed E-state index contributed by atoms with van der Waals surface area (Å²) in [7, 11) is -3.37. The zero-order chi connectivity index (χ0) is 24.1. The predicted octanol–water partition coefficient (Wildman–Crippen LogP) is 5.77. The zero-order valence-electron chi connectivity index (χ0n) is 20.8. The molecule has 1 fully saturated rings. The van der Waals surface area contributed by atoms with Gasteiger partial charge in [0.05, 0.1) is 29.8 Å². The standard InChI is InChI=1S/C23H37NO5SSi2/c1-15(29-32(8,9)23(2,3)4)17-20(25)24-18(22(26)28-13-14-31(5,6)7)19(30-21(17)24)16-11-10-12-27-16/h10-12,15,17,21H,13-14H2,1-9H3/t15-,17+,21-/m1/s1. The first-order valence-electron chi connectivity index (χ1n) is 11.3. The third-order valence-electron chi connectivity index (χ3n) is 6.59. The molecule has 3 rings (SSSR count). The Morgan fingerprint density at radius 3 is 2.44 bits per heavy atom. The predicted molar refractivity (Wildman–Crippen MR) is 134 cm³/mol. The fraction of sp³-hybridized carbons (Fsp3) is 0.652. The van der Waals surface area contributed by atoms with Gasteiger partial charge in [-0.1, -0.05) is 52.2 Å². The molecule has 0 radical (unpaired) electrons. The normalized spacial score (nSPS) is 22.7. The maximum absolute atomic E-state index is 13.3. The molecule has 0 N–H and O–H groups in total. The van der Waals surface area contributed by atoms with Crippen molar-refractivity contribution in [2.45, 2.75) is 83.0 Å².